The van der Waals surface area contributed by atoms with Crippen LogP contribution in [0, 0.1) is 0 Å². The lowest BCUT2D eigenvalue weighted by molar-refractivity contribution is -0.150. The highest BCUT2D eigenvalue weighted by atomic mass is 16.5. The van der Waals surface area contributed by atoms with Crippen molar-refractivity contribution in [1.29, 1.82) is 0 Å². The number of carbonyl (C=O) groups is 3. The number of esters is 1. The predicted octanol–water partition coefficient (Wildman–Crippen LogP) is 14.3. The van der Waals surface area contributed by atoms with Crippen LogP contribution in [0.3, 0.4) is 0 Å². The lowest BCUT2D eigenvalue weighted by atomic mass is 10.0. The van der Waals surface area contributed by atoms with Crippen LogP contribution in [0.2, 0.25) is 0 Å². The summed E-state index contributed by atoms with van der Waals surface area (Å²) in [6.45, 7) is 4.85. The molecule has 0 aliphatic rings. The van der Waals surface area contributed by atoms with E-state index in [1.165, 1.54) is 89.9 Å². The van der Waals surface area contributed by atoms with Crippen molar-refractivity contribution in [3.63, 3.8) is 0 Å². The van der Waals surface area contributed by atoms with Gasteiger partial charge < -0.3 is 20.9 Å². The second-order valence-electron chi connectivity index (χ2n) is 16.5. The van der Waals surface area contributed by atoms with E-state index in [9.17, 15) is 19.5 Å². The molecule has 0 aromatic rings. The topological polar surface area (TPSA) is 119 Å². The number of rotatable bonds is 44. The fourth-order valence-electron chi connectivity index (χ4n) is 7.27. The molecule has 0 aliphatic heterocycles. The van der Waals surface area contributed by atoms with Crippen LogP contribution in [0.15, 0.2) is 48.6 Å². The SMILES string of the molecule is CC/C=C\C/C=C\C/C=C\C/C=C\CCCCCCC(=O)OC(CCCCCCCCCCCCCCCCC)CCCCCCCC(=O)NC(CCCN)C(=O)O. The van der Waals surface area contributed by atoms with E-state index in [4.69, 9.17) is 10.5 Å². The molecule has 2 atom stereocenters. The summed E-state index contributed by atoms with van der Waals surface area (Å²) in [7, 11) is 0. The highest BCUT2D eigenvalue weighted by molar-refractivity contribution is 5.83. The first kappa shape index (κ1) is 55.3. The molecule has 58 heavy (non-hydrogen) atoms. The molecule has 0 bridgehead atoms. The van der Waals surface area contributed by atoms with Crippen molar-refractivity contribution in [2.75, 3.05) is 6.54 Å². The Morgan fingerprint density at radius 2 is 0.948 bits per heavy atom. The van der Waals surface area contributed by atoms with Gasteiger partial charge in [-0.25, -0.2) is 4.79 Å². The summed E-state index contributed by atoms with van der Waals surface area (Å²) in [5.41, 5.74) is 5.50. The number of amides is 1. The standard InChI is InChI=1S/C51H92N2O5/c1-3-5-7-9-11-13-15-17-19-20-22-24-26-28-30-35-39-45-50(55)58-47(41-36-32-29-27-25-23-21-18-16-14-12-10-8-6-4-2)42-37-33-31-34-38-44-49(54)53-48(51(56)57)43-40-46-52/h5,7,11,13,17,19,22,24,47-48H,3-4,6,8-10,12,14-16,18,20-21,23,25-46,52H2,1-2H3,(H,53,54)(H,56,57)/b7-5-,13-11-,19-17-,24-22-. The highest BCUT2D eigenvalue weighted by Gasteiger charge is 2.19. The molecule has 336 valence electrons. The molecular weight excluding hydrogens is 721 g/mol. The number of aliphatic carboxylic acids is 1. The molecule has 2 unspecified atom stereocenters. The van der Waals surface area contributed by atoms with Gasteiger partial charge in [0.05, 0.1) is 0 Å². The third kappa shape index (κ3) is 41.5. The summed E-state index contributed by atoms with van der Waals surface area (Å²) in [6.07, 6.45) is 55.9. The van der Waals surface area contributed by atoms with Gasteiger partial charge in [0.2, 0.25) is 5.91 Å². The van der Waals surface area contributed by atoms with Crippen LogP contribution in [0.4, 0.5) is 0 Å². The van der Waals surface area contributed by atoms with Gasteiger partial charge in [0.1, 0.15) is 12.1 Å². The van der Waals surface area contributed by atoms with Gasteiger partial charge in [-0.1, -0.05) is 184 Å². The number of allylic oxidation sites excluding steroid dienone is 8. The van der Waals surface area contributed by atoms with Crippen molar-refractivity contribution < 1.29 is 24.2 Å². The van der Waals surface area contributed by atoms with Crippen LogP contribution in [-0.2, 0) is 19.1 Å². The molecule has 0 heterocycles. The van der Waals surface area contributed by atoms with E-state index in [1.807, 2.05) is 0 Å². The monoisotopic (exact) mass is 813 g/mol. The van der Waals surface area contributed by atoms with Gasteiger partial charge in [0, 0.05) is 12.8 Å². The Labute approximate surface area is 358 Å². The van der Waals surface area contributed by atoms with E-state index >= 15 is 0 Å². The first-order valence-electron chi connectivity index (χ1n) is 24.5. The van der Waals surface area contributed by atoms with Crippen molar-refractivity contribution in [2.24, 2.45) is 5.73 Å². The lowest BCUT2D eigenvalue weighted by Crippen LogP contribution is -2.40. The maximum atomic E-state index is 12.9. The van der Waals surface area contributed by atoms with Gasteiger partial charge in [0.25, 0.3) is 0 Å². The first-order chi connectivity index (χ1) is 28.4. The molecule has 0 aliphatic carbocycles. The van der Waals surface area contributed by atoms with Crippen LogP contribution in [0.5, 0.6) is 0 Å². The maximum Gasteiger partial charge on any atom is 0.326 e. The van der Waals surface area contributed by atoms with Crippen molar-refractivity contribution >= 4 is 17.8 Å². The number of carboxylic acid groups (broad SMARTS) is 1. The Kier molecular flexibility index (Phi) is 43.3. The summed E-state index contributed by atoms with van der Waals surface area (Å²) >= 11 is 0. The second kappa shape index (κ2) is 45.4. The van der Waals surface area contributed by atoms with Crippen LogP contribution in [0.1, 0.15) is 239 Å². The second-order valence-corrected chi connectivity index (χ2v) is 16.5. The number of nitrogens with two attached hydrogens (primary N) is 1. The first-order valence-corrected chi connectivity index (χ1v) is 24.5. The zero-order valence-electron chi connectivity index (χ0n) is 37.9. The smallest absolute Gasteiger partial charge is 0.326 e. The number of ether oxygens (including phenoxy) is 1. The van der Waals surface area contributed by atoms with Crippen LogP contribution in [0.25, 0.3) is 0 Å². The third-order valence-corrected chi connectivity index (χ3v) is 10.9. The Bertz CT molecular complexity index is 1050. The predicted molar refractivity (Wildman–Crippen MR) is 248 cm³/mol. The summed E-state index contributed by atoms with van der Waals surface area (Å²) in [5, 5.41) is 12.0. The summed E-state index contributed by atoms with van der Waals surface area (Å²) in [6, 6.07) is -0.859. The molecule has 0 saturated heterocycles. The number of hydrogen-bond acceptors (Lipinski definition) is 5. The molecule has 0 radical (unpaired) electrons. The lowest BCUT2D eigenvalue weighted by Gasteiger charge is -2.18. The largest absolute Gasteiger partial charge is 0.480 e. The van der Waals surface area contributed by atoms with E-state index in [0.29, 0.717) is 32.2 Å². The fraction of sp³-hybridized carbons (Fsp3) is 0.784. The Morgan fingerprint density at radius 3 is 1.43 bits per heavy atom. The average Bonchev–Trinajstić information content (AvgIpc) is 3.21. The van der Waals surface area contributed by atoms with E-state index in [1.54, 1.807) is 0 Å². The molecule has 0 rings (SSSR count). The van der Waals surface area contributed by atoms with Crippen molar-refractivity contribution in [1.82, 2.24) is 5.32 Å². The van der Waals surface area contributed by atoms with E-state index < -0.39 is 12.0 Å². The van der Waals surface area contributed by atoms with Gasteiger partial charge in [-0.2, -0.15) is 0 Å². The molecular formula is C51H92N2O5. The normalized spacial score (nSPS) is 13.0. The van der Waals surface area contributed by atoms with Crippen molar-refractivity contribution in [3.8, 4) is 0 Å². The Hall–Kier alpha value is -2.67. The molecule has 7 nitrogen and oxygen atoms in total. The quantitative estimate of drug-likeness (QED) is 0.0320. The minimum absolute atomic E-state index is 0.000110. The van der Waals surface area contributed by atoms with Crippen molar-refractivity contribution in [2.45, 2.75) is 251 Å². The molecule has 0 spiro atoms. The molecule has 0 aromatic carbocycles. The summed E-state index contributed by atoms with van der Waals surface area (Å²) < 4.78 is 6.07. The van der Waals surface area contributed by atoms with E-state index in [0.717, 1.165) is 109 Å². The molecule has 7 heteroatoms. The number of nitrogens with one attached hydrogen (secondary N) is 1. The summed E-state index contributed by atoms with van der Waals surface area (Å²) in [5.74, 6) is -1.25. The average molecular weight is 813 g/mol. The van der Waals surface area contributed by atoms with E-state index in [2.05, 4.69) is 67.8 Å². The van der Waals surface area contributed by atoms with Crippen LogP contribution >= 0.6 is 0 Å². The summed E-state index contributed by atoms with van der Waals surface area (Å²) in [4.78, 5) is 36.5. The Morgan fingerprint density at radius 1 is 0.517 bits per heavy atom. The van der Waals surface area contributed by atoms with Crippen molar-refractivity contribution in [3.05, 3.63) is 48.6 Å². The number of carboxylic acids is 1. The minimum Gasteiger partial charge on any atom is -0.480 e. The molecule has 0 aromatic heterocycles. The van der Waals surface area contributed by atoms with E-state index in [-0.39, 0.29) is 18.0 Å². The van der Waals surface area contributed by atoms with Gasteiger partial charge in [-0.05, 0) is 96.4 Å². The zero-order valence-corrected chi connectivity index (χ0v) is 37.9. The number of hydrogen-bond donors (Lipinski definition) is 3. The molecule has 1 amide bonds. The van der Waals surface area contributed by atoms with Gasteiger partial charge >= 0.3 is 11.9 Å². The fourth-order valence-corrected chi connectivity index (χ4v) is 7.27. The van der Waals surface area contributed by atoms with Gasteiger partial charge in [0.15, 0.2) is 0 Å². The van der Waals surface area contributed by atoms with Crippen LogP contribution < -0.4 is 11.1 Å². The van der Waals surface area contributed by atoms with Crippen LogP contribution in [-0.4, -0.2) is 41.6 Å². The molecule has 4 N–H and O–H groups in total. The maximum absolute atomic E-state index is 12.9. The highest BCUT2D eigenvalue weighted by Crippen LogP contribution is 2.19. The Balaban J connectivity index is 4.36. The number of carbonyl (C=O) groups excluding carboxylic acids is 2. The molecule has 0 saturated carbocycles. The molecule has 0 fully saturated rings. The third-order valence-electron chi connectivity index (χ3n) is 10.9. The van der Waals surface area contributed by atoms with Gasteiger partial charge in [-0.3, -0.25) is 9.59 Å². The van der Waals surface area contributed by atoms with Gasteiger partial charge in [-0.15, -0.1) is 0 Å². The minimum atomic E-state index is -1.00. The number of unbranched alkanes of at least 4 members (excludes halogenated alkanes) is 22. The zero-order chi connectivity index (χ0) is 42.4.